The molecule has 23 heavy (non-hydrogen) atoms. The number of benzene rings is 1. The summed E-state index contributed by atoms with van der Waals surface area (Å²) in [4.78, 5) is 14.6. The fourth-order valence-corrected chi connectivity index (χ4v) is 3.00. The van der Waals surface area contributed by atoms with E-state index < -0.39 is 0 Å². The third-order valence-electron chi connectivity index (χ3n) is 4.10. The quantitative estimate of drug-likeness (QED) is 0.938. The molecule has 1 amide bonds. The zero-order valence-electron chi connectivity index (χ0n) is 13.5. The van der Waals surface area contributed by atoms with Gasteiger partial charge in [-0.05, 0) is 24.5 Å². The summed E-state index contributed by atoms with van der Waals surface area (Å²) < 4.78 is 1.87. The Labute approximate surface area is 142 Å². The number of amides is 1. The van der Waals surface area contributed by atoms with Gasteiger partial charge in [-0.15, -0.1) is 12.4 Å². The monoisotopic (exact) mass is 334 g/mol. The van der Waals surface area contributed by atoms with Crippen LogP contribution in [-0.4, -0.2) is 39.7 Å². The lowest BCUT2D eigenvalue weighted by Crippen LogP contribution is -2.32. The minimum atomic E-state index is 0. The van der Waals surface area contributed by atoms with Crippen molar-refractivity contribution in [2.45, 2.75) is 32.2 Å². The molecule has 2 N–H and O–H groups in total. The van der Waals surface area contributed by atoms with Gasteiger partial charge in [-0.25, -0.2) is 4.68 Å². The first-order valence-corrected chi connectivity index (χ1v) is 7.76. The third-order valence-corrected chi connectivity index (χ3v) is 4.10. The van der Waals surface area contributed by atoms with Crippen LogP contribution in [0.2, 0.25) is 0 Å². The fraction of sp³-hybridized carbons (Fsp3) is 0.412. The van der Waals surface area contributed by atoms with Gasteiger partial charge in [0, 0.05) is 19.1 Å². The van der Waals surface area contributed by atoms with Gasteiger partial charge in [-0.2, -0.15) is 5.10 Å². The Kier molecular flexibility index (Phi) is 5.44. The third kappa shape index (κ3) is 3.41. The Bertz CT molecular complexity index is 668. The van der Waals surface area contributed by atoms with Crippen molar-refractivity contribution in [2.75, 3.05) is 13.1 Å². The van der Waals surface area contributed by atoms with Crippen LogP contribution in [-0.2, 0) is 0 Å². The minimum Gasteiger partial charge on any atom is -0.337 e. The van der Waals surface area contributed by atoms with Gasteiger partial charge in [0.2, 0.25) is 0 Å². The molecule has 0 aliphatic carbocycles. The van der Waals surface area contributed by atoms with Crippen molar-refractivity contribution in [2.24, 2.45) is 5.73 Å². The van der Waals surface area contributed by atoms with Crippen LogP contribution in [0.1, 0.15) is 42.2 Å². The molecule has 0 radical (unpaired) electrons. The molecule has 3 rings (SSSR count). The number of carbonyl (C=O) groups is 1. The number of likely N-dealkylation sites (tertiary alicyclic amines) is 1. The van der Waals surface area contributed by atoms with Crippen LogP contribution in [0.3, 0.4) is 0 Å². The van der Waals surface area contributed by atoms with Crippen LogP contribution in [0.4, 0.5) is 0 Å². The van der Waals surface area contributed by atoms with E-state index in [1.165, 1.54) is 0 Å². The molecule has 0 bridgehead atoms. The van der Waals surface area contributed by atoms with Gasteiger partial charge >= 0.3 is 0 Å². The van der Waals surface area contributed by atoms with E-state index in [1.807, 2.05) is 39.9 Å². The molecular formula is C17H23ClN4O. The van der Waals surface area contributed by atoms with E-state index in [0.717, 1.165) is 24.3 Å². The molecule has 1 aliphatic rings. The molecule has 0 unspecified atom stereocenters. The minimum absolute atomic E-state index is 0. The van der Waals surface area contributed by atoms with Gasteiger partial charge in [-0.3, -0.25) is 4.79 Å². The summed E-state index contributed by atoms with van der Waals surface area (Å²) in [5.41, 5.74) is 8.54. The average molecular weight is 335 g/mol. The molecule has 1 saturated heterocycles. The number of carbonyl (C=O) groups excluding carboxylic acids is 1. The van der Waals surface area contributed by atoms with Crippen LogP contribution in [0.15, 0.2) is 36.5 Å². The van der Waals surface area contributed by atoms with E-state index in [9.17, 15) is 4.79 Å². The van der Waals surface area contributed by atoms with Crippen molar-refractivity contribution in [3.05, 3.63) is 47.8 Å². The van der Waals surface area contributed by atoms with Gasteiger partial charge in [0.25, 0.3) is 5.91 Å². The standard InChI is InChI=1S/C17H22N4O.ClH/c1-12(2)16-15(17(22)20-9-8-13(18)11-20)10-19-21(16)14-6-4-3-5-7-14;/h3-7,10,12-13H,8-9,11,18H2,1-2H3;1H/t13-;/m1./s1. The van der Waals surface area contributed by atoms with Gasteiger partial charge in [0.15, 0.2) is 0 Å². The number of hydrogen-bond donors (Lipinski definition) is 1. The molecule has 2 heterocycles. The van der Waals surface area contributed by atoms with E-state index >= 15 is 0 Å². The Morgan fingerprint density at radius 2 is 2.00 bits per heavy atom. The highest BCUT2D eigenvalue weighted by molar-refractivity contribution is 5.95. The Balaban J connectivity index is 0.00000192. The zero-order valence-corrected chi connectivity index (χ0v) is 14.3. The molecule has 1 aromatic carbocycles. The topological polar surface area (TPSA) is 64.2 Å². The number of hydrogen-bond acceptors (Lipinski definition) is 3. The smallest absolute Gasteiger partial charge is 0.257 e. The zero-order chi connectivity index (χ0) is 15.7. The maximum Gasteiger partial charge on any atom is 0.257 e. The summed E-state index contributed by atoms with van der Waals surface area (Å²) in [5.74, 6) is 0.247. The van der Waals surface area contributed by atoms with E-state index in [-0.39, 0.29) is 30.3 Å². The van der Waals surface area contributed by atoms with Gasteiger partial charge < -0.3 is 10.6 Å². The van der Waals surface area contributed by atoms with E-state index in [2.05, 4.69) is 18.9 Å². The van der Waals surface area contributed by atoms with Gasteiger partial charge in [0.1, 0.15) is 0 Å². The van der Waals surface area contributed by atoms with Crippen LogP contribution in [0.25, 0.3) is 5.69 Å². The van der Waals surface area contributed by atoms with E-state index in [4.69, 9.17) is 5.73 Å². The maximum absolute atomic E-state index is 12.8. The number of nitrogens with zero attached hydrogens (tertiary/aromatic N) is 3. The lowest BCUT2D eigenvalue weighted by atomic mass is 10.0. The van der Waals surface area contributed by atoms with E-state index in [1.54, 1.807) is 6.20 Å². The molecule has 0 saturated carbocycles. The highest BCUT2D eigenvalue weighted by Crippen LogP contribution is 2.25. The van der Waals surface area contributed by atoms with Crippen molar-refractivity contribution < 1.29 is 4.79 Å². The Morgan fingerprint density at radius 1 is 1.30 bits per heavy atom. The summed E-state index contributed by atoms with van der Waals surface area (Å²) in [7, 11) is 0. The molecular weight excluding hydrogens is 312 g/mol. The van der Waals surface area contributed by atoms with Crippen LogP contribution < -0.4 is 5.73 Å². The predicted molar refractivity (Wildman–Crippen MR) is 93.4 cm³/mol. The highest BCUT2D eigenvalue weighted by Gasteiger charge is 2.29. The van der Waals surface area contributed by atoms with Crippen LogP contribution in [0, 0.1) is 0 Å². The summed E-state index contributed by atoms with van der Waals surface area (Å²) in [6.45, 7) is 5.53. The molecule has 0 spiro atoms. The maximum atomic E-state index is 12.8. The lowest BCUT2D eigenvalue weighted by Gasteiger charge is -2.18. The molecule has 1 fully saturated rings. The molecule has 2 aromatic rings. The number of para-hydroxylation sites is 1. The second kappa shape index (κ2) is 7.15. The molecule has 1 atom stereocenters. The Morgan fingerprint density at radius 3 is 2.57 bits per heavy atom. The summed E-state index contributed by atoms with van der Waals surface area (Å²) in [6.07, 6.45) is 2.56. The summed E-state index contributed by atoms with van der Waals surface area (Å²) >= 11 is 0. The fourth-order valence-electron chi connectivity index (χ4n) is 3.00. The van der Waals surface area contributed by atoms with Crippen LogP contribution >= 0.6 is 12.4 Å². The van der Waals surface area contributed by atoms with Crippen molar-refractivity contribution in [1.29, 1.82) is 0 Å². The Hall–Kier alpha value is -1.85. The second-order valence-corrected chi connectivity index (χ2v) is 6.15. The molecule has 124 valence electrons. The summed E-state index contributed by atoms with van der Waals surface area (Å²) in [6, 6.07) is 10.0. The lowest BCUT2D eigenvalue weighted by molar-refractivity contribution is 0.0789. The first-order valence-electron chi connectivity index (χ1n) is 7.76. The molecule has 1 aromatic heterocycles. The second-order valence-electron chi connectivity index (χ2n) is 6.15. The van der Waals surface area contributed by atoms with Crippen molar-refractivity contribution in [3.63, 3.8) is 0 Å². The molecule has 5 nitrogen and oxygen atoms in total. The number of aromatic nitrogens is 2. The summed E-state index contributed by atoms with van der Waals surface area (Å²) in [5, 5.41) is 4.46. The normalized spacial score (nSPS) is 17.4. The first kappa shape index (κ1) is 17.5. The van der Waals surface area contributed by atoms with Crippen LogP contribution in [0.5, 0.6) is 0 Å². The number of nitrogens with two attached hydrogens (primary N) is 1. The van der Waals surface area contributed by atoms with Crippen molar-refractivity contribution in [1.82, 2.24) is 14.7 Å². The largest absolute Gasteiger partial charge is 0.337 e. The predicted octanol–water partition coefficient (Wildman–Crippen LogP) is 2.59. The average Bonchev–Trinajstić information content (AvgIpc) is 3.13. The number of halogens is 1. The molecule has 6 heteroatoms. The van der Waals surface area contributed by atoms with Gasteiger partial charge in [0.05, 0.1) is 23.1 Å². The van der Waals surface area contributed by atoms with Gasteiger partial charge in [-0.1, -0.05) is 32.0 Å². The van der Waals surface area contributed by atoms with E-state index in [0.29, 0.717) is 12.1 Å². The molecule has 1 aliphatic heterocycles. The highest BCUT2D eigenvalue weighted by atomic mass is 35.5. The first-order chi connectivity index (χ1) is 10.6. The van der Waals surface area contributed by atoms with Crippen molar-refractivity contribution >= 4 is 18.3 Å². The number of rotatable bonds is 3. The van der Waals surface area contributed by atoms with Crippen molar-refractivity contribution in [3.8, 4) is 5.69 Å². The SMILES string of the molecule is CC(C)c1c(C(=O)N2CC[C@@H](N)C2)cnn1-c1ccccc1.Cl.